The third-order valence-electron chi connectivity index (χ3n) is 11.7. The first-order chi connectivity index (χ1) is 35.8. The smallest absolute Gasteiger partial charge is 0.316 e. The molecule has 11 rings (SSSR count). The molecule has 1 unspecified atom stereocenters. The first kappa shape index (κ1) is 53.2. The summed E-state index contributed by atoms with van der Waals surface area (Å²) in [6.07, 6.45) is 11.5. The number of nitrogens with two attached hydrogens (primary N) is 1. The molecule has 0 radical (unpaired) electrons. The van der Waals surface area contributed by atoms with Crippen molar-refractivity contribution < 1.29 is 35.4 Å². The topological polar surface area (TPSA) is 181 Å². The van der Waals surface area contributed by atoms with Crippen molar-refractivity contribution in [3.05, 3.63) is 256 Å². The molecule has 13 nitrogen and oxygen atoms in total. The van der Waals surface area contributed by atoms with Crippen LogP contribution in [0.25, 0.3) is 44.7 Å². The van der Waals surface area contributed by atoms with E-state index in [1.165, 1.54) is 10.1 Å². The second-order valence-corrected chi connectivity index (χ2v) is 17.1. The number of rotatable bonds is 12. The SMILES string of the molecule is CCOC(=O)C(C=O)Cc1ccccc1.Nc1[nH]ncc1-c1ccccc1.O=c1c(Cc2ccccc2)cnc2c(-c3ccccc3)c[nH]n12.S=c1c(Cc2ccccc2)cnc2c(-c3ccccc3)c[nH]n12.[W]. The van der Waals surface area contributed by atoms with E-state index in [9.17, 15) is 14.4 Å². The van der Waals surface area contributed by atoms with Gasteiger partial charge in [0.1, 0.15) is 22.7 Å². The third-order valence-corrected chi connectivity index (χ3v) is 12.1. The molecule has 5 aromatic heterocycles. The number of fused-ring (bicyclic) bond motifs is 2. The Hall–Kier alpha value is -8.58. The first-order valence-corrected chi connectivity index (χ1v) is 24.1. The Morgan fingerprint density at radius 2 is 1.03 bits per heavy atom. The van der Waals surface area contributed by atoms with Gasteiger partial charge < -0.3 is 15.3 Å². The van der Waals surface area contributed by atoms with Crippen molar-refractivity contribution in [3.8, 4) is 33.4 Å². The molecule has 0 fully saturated rings. The number of esters is 1. The van der Waals surface area contributed by atoms with Crippen LogP contribution in [0.3, 0.4) is 0 Å². The van der Waals surface area contributed by atoms with E-state index in [1.807, 2.05) is 181 Å². The molecule has 0 saturated heterocycles. The van der Waals surface area contributed by atoms with Gasteiger partial charge in [0.25, 0.3) is 5.56 Å². The predicted octanol–water partition coefficient (Wildman–Crippen LogP) is 11.2. The normalized spacial score (nSPS) is 10.8. The Morgan fingerprint density at radius 3 is 1.49 bits per heavy atom. The molecule has 11 aromatic rings. The number of aldehydes is 1. The van der Waals surface area contributed by atoms with E-state index >= 15 is 0 Å². The fourth-order valence-corrected chi connectivity index (χ4v) is 8.24. The van der Waals surface area contributed by atoms with Crippen LogP contribution in [0.15, 0.2) is 218 Å². The van der Waals surface area contributed by atoms with Crippen LogP contribution in [0.1, 0.15) is 34.7 Å². The number of nitrogens with one attached hydrogen (secondary N) is 3. The van der Waals surface area contributed by atoms with Crippen LogP contribution in [0.5, 0.6) is 0 Å². The number of anilines is 1. The monoisotopic (exact) mass is 1170 g/mol. The molecule has 74 heavy (non-hydrogen) atoms. The minimum absolute atomic E-state index is 0. The molecule has 5 heterocycles. The number of hydrogen-bond donors (Lipinski definition) is 4. The van der Waals surface area contributed by atoms with Crippen LogP contribution in [0.4, 0.5) is 5.82 Å². The van der Waals surface area contributed by atoms with Crippen LogP contribution < -0.4 is 11.3 Å². The van der Waals surface area contributed by atoms with E-state index in [1.54, 1.807) is 19.3 Å². The Bertz CT molecular complexity index is 3440. The second-order valence-electron chi connectivity index (χ2n) is 16.7. The number of aromatic nitrogens is 8. The Balaban J connectivity index is 0.000000148. The number of benzene rings is 6. The fraction of sp³-hybridized carbons (Fsp3) is 0.102. The largest absolute Gasteiger partial charge is 0.465 e. The van der Waals surface area contributed by atoms with E-state index in [0.717, 1.165) is 66.8 Å². The molecule has 0 aliphatic heterocycles. The number of H-pyrrole nitrogens is 3. The number of carbonyl (C=O) groups excluding carboxylic acids is 2. The van der Waals surface area contributed by atoms with Gasteiger partial charge in [-0.05, 0) is 46.7 Å². The maximum absolute atomic E-state index is 12.7. The molecule has 15 heteroatoms. The van der Waals surface area contributed by atoms with Crippen molar-refractivity contribution in [3.63, 3.8) is 0 Å². The zero-order valence-corrected chi connectivity index (χ0v) is 44.2. The van der Waals surface area contributed by atoms with Crippen LogP contribution in [-0.2, 0) is 54.7 Å². The van der Waals surface area contributed by atoms with Crippen molar-refractivity contribution in [1.82, 2.24) is 39.4 Å². The number of hydrogen-bond acceptors (Lipinski definition) is 9. The average molecular weight is 1170 g/mol. The van der Waals surface area contributed by atoms with Gasteiger partial charge in [0.2, 0.25) is 0 Å². The van der Waals surface area contributed by atoms with E-state index < -0.39 is 11.9 Å². The van der Waals surface area contributed by atoms with Gasteiger partial charge in [-0.25, -0.2) is 19.0 Å². The van der Waals surface area contributed by atoms with E-state index in [2.05, 4.69) is 54.6 Å². The minimum Gasteiger partial charge on any atom is -0.465 e. The maximum Gasteiger partial charge on any atom is 0.316 e. The Labute approximate surface area is 447 Å². The predicted molar refractivity (Wildman–Crippen MR) is 290 cm³/mol. The van der Waals surface area contributed by atoms with Gasteiger partial charge in [0.15, 0.2) is 11.3 Å². The summed E-state index contributed by atoms with van der Waals surface area (Å²) in [5.74, 6) is -0.523. The second kappa shape index (κ2) is 26.7. The summed E-state index contributed by atoms with van der Waals surface area (Å²) in [6.45, 7) is 2.03. The molecule has 0 aliphatic carbocycles. The maximum atomic E-state index is 12.7. The summed E-state index contributed by atoms with van der Waals surface area (Å²) >= 11 is 5.65. The van der Waals surface area contributed by atoms with Crippen molar-refractivity contribution >= 4 is 41.6 Å². The first-order valence-electron chi connectivity index (χ1n) is 23.7. The third kappa shape index (κ3) is 13.7. The number of nitrogen functional groups attached to an aromatic ring is 1. The summed E-state index contributed by atoms with van der Waals surface area (Å²) in [7, 11) is 0. The van der Waals surface area contributed by atoms with Gasteiger partial charge in [-0.2, -0.15) is 5.10 Å². The quantitative estimate of drug-likeness (QED) is 0.0401. The zero-order valence-electron chi connectivity index (χ0n) is 40.5. The van der Waals surface area contributed by atoms with Gasteiger partial charge in [0.05, 0.1) is 12.8 Å². The number of carbonyl (C=O) groups is 2. The summed E-state index contributed by atoms with van der Waals surface area (Å²) < 4.78 is 8.98. The summed E-state index contributed by atoms with van der Waals surface area (Å²) in [6, 6.07) is 59.7. The Morgan fingerprint density at radius 1 is 0.608 bits per heavy atom. The molecule has 370 valence electrons. The molecule has 1 atom stereocenters. The van der Waals surface area contributed by atoms with Gasteiger partial charge in [0, 0.05) is 86.5 Å². The Kier molecular flexibility index (Phi) is 19.2. The molecule has 0 aliphatic rings. The van der Waals surface area contributed by atoms with Crippen LogP contribution in [0.2, 0.25) is 0 Å². The van der Waals surface area contributed by atoms with Gasteiger partial charge >= 0.3 is 5.97 Å². The fourth-order valence-electron chi connectivity index (χ4n) is 7.97. The van der Waals surface area contributed by atoms with Gasteiger partial charge in [-0.1, -0.05) is 194 Å². The molecule has 5 N–H and O–H groups in total. The number of nitrogens with zero attached hydrogens (tertiary/aromatic N) is 5. The van der Waals surface area contributed by atoms with Gasteiger partial charge in [-0.15, -0.1) is 0 Å². The van der Waals surface area contributed by atoms with Crippen molar-refractivity contribution in [2.45, 2.75) is 26.2 Å². The molecule has 0 saturated carbocycles. The molecule has 6 aromatic carbocycles. The van der Waals surface area contributed by atoms with Crippen LogP contribution in [0, 0.1) is 10.6 Å². The molecule has 0 spiro atoms. The van der Waals surface area contributed by atoms with Crippen LogP contribution in [-0.4, -0.2) is 58.3 Å². The number of aromatic amines is 3. The zero-order chi connectivity index (χ0) is 50.8. The molecule has 0 bridgehead atoms. The van der Waals surface area contributed by atoms with Crippen molar-refractivity contribution in [2.24, 2.45) is 5.92 Å². The van der Waals surface area contributed by atoms with Crippen LogP contribution >= 0.6 is 12.2 Å². The summed E-state index contributed by atoms with van der Waals surface area (Å²) in [5.41, 5.74) is 18.3. The number of ether oxygens (including phenoxy) is 1. The summed E-state index contributed by atoms with van der Waals surface area (Å²) in [5, 5.41) is 12.8. The standard InChI is InChI=1S/C19H15N3O.C19H15N3S.C12H14O3.C9H9N3.W/c2*23-19-16(11-14-7-3-1-4-8-14)12-20-18-17(13-21-22(18)19)15-9-5-2-6-10-15;1-2-15-12(14)11(9-13)8-10-6-4-3-5-7-10;10-9-8(6-11-12-9)7-4-2-1-3-5-7;/h2*1-10,12-13,21H,11H2;3-7,9,11H,2,8H2,1H3;1-6H,(H3,10,11,12);. The summed E-state index contributed by atoms with van der Waals surface area (Å²) in [4.78, 5) is 43.9. The van der Waals surface area contributed by atoms with Crippen molar-refractivity contribution in [2.75, 3.05) is 12.3 Å². The minimum atomic E-state index is -0.688. The van der Waals surface area contributed by atoms with E-state index in [0.29, 0.717) is 42.8 Å². The van der Waals surface area contributed by atoms with E-state index in [-0.39, 0.29) is 26.6 Å². The average Bonchev–Trinajstić information content (AvgIpc) is 4.21. The molecule has 0 amide bonds. The van der Waals surface area contributed by atoms with Crippen molar-refractivity contribution in [1.29, 1.82) is 0 Å². The molecular formula is C59H53N9O4SW. The molecular weight excluding hydrogens is 1110 g/mol. The van der Waals surface area contributed by atoms with E-state index in [4.69, 9.17) is 22.7 Å². The van der Waals surface area contributed by atoms with Gasteiger partial charge in [-0.3, -0.25) is 24.9 Å².